The number of unbranched alkanes of at least 4 members (excludes halogenated alkanes) is 4. The highest BCUT2D eigenvalue weighted by Gasteiger charge is 2.18. The lowest BCUT2D eigenvalue weighted by Gasteiger charge is -2.19. The van der Waals surface area contributed by atoms with Gasteiger partial charge in [-0.05, 0) is 45.7 Å². The molecule has 0 fully saturated rings. The van der Waals surface area contributed by atoms with Crippen molar-refractivity contribution in [3.63, 3.8) is 0 Å². The molecule has 0 unspecified atom stereocenters. The Kier molecular flexibility index (Phi) is 10.7. The normalized spacial score (nSPS) is 11.0. The van der Waals surface area contributed by atoms with Crippen LogP contribution in [0.1, 0.15) is 63.2 Å². The van der Waals surface area contributed by atoms with Gasteiger partial charge in [-0.3, -0.25) is 4.79 Å². The van der Waals surface area contributed by atoms with Gasteiger partial charge >= 0.3 is 6.09 Å². The molecule has 0 atom stereocenters. The van der Waals surface area contributed by atoms with E-state index in [4.69, 9.17) is 25.8 Å². The van der Waals surface area contributed by atoms with Crippen molar-refractivity contribution in [2.24, 2.45) is 0 Å². The SMILES string of the molecule is COc1ccc(C(=O)NCCCCCCCNC(=O)OC(C)(C)C)c(Cl)c1OC. The van der Waals surface area contributed by atoms with Gasteiger partial charge in [-0.1, -0.05) is 30.9 Å². The van der Waals surface area contributed by atoms with Gasteiger partial charge in [0.15, 0.2) is 11.5 Å². The third-order valence-corrected chi connectivity index (χ3v) is 4.41. The van der Waals surface area contributed by atoms with Crippen molar-refractivity contribution < 1.29 is 23.8 Å². The average molecular weight is 429 g/mol. The van der Waals surface area contributed by atoms with Gasteiger partial charge in [0.2, 0.25) is 0 Å². The predicted molar refractivity (Wildman–Crippen MR) is 114 cm³/mol. The fourth-order valence-electron chi connectivity index (χ4n) is 2.65. The number of halogens is 1. The molecule has 1 aromatic rings. The third-order valence-electron chi connectivity index (χ3n) is 4.04. The Morgan fingerprint density at radius 1 is 0.931 bits per heavy atom. The van der Waals surface area contributed by atoms with Crippen LogP contribution < -0.4 is 20.1 Å². The van der Waals surface area contributed by atoms with E-state index in [9.17, 15) is 9.59 Å². The second-order valence-corrected chi connectivity index (χ2v) is 7.99. The number of alkyl carbamates (subject to hydrolysis) is 1. The highest BCUT2D eigenvalue weighted by atomic mass is 35.5. The fraction of sp³-hybridized carbons (Fsp3) is 0.619. The molecule has 1 aromatic carbocycles. The summed E-state index contributed by atoms with van der Waals surface area (Å²) in [6.07, 6.45) is 4.41. The highest BCUT2D eigenvalue weighted by Crippen LogP contribution is 2.37. The van der Waals surface area contributed by atoms with Crippen LogP contribution in [0.2, 0.25) is 5.02 Å². The molecule has 2 amide bonds. The molecule has 0 saturated carbocycles. The number of ether oxygens (including phenoxy) is 3. The maximum Gasteiger partial charge on any atom is 0.407 e. The average Bonchev–Trinajstić information content (AvgIpc) is 2.64. The van der Waals surface area contributed by atoms with E-state index in [1.165, 1.54) is 14.2 Å². The number of hydrogen-bond acceptors (Lipinski definition) is 5. The summed E-state index contributed by atoms with van der Waals surface area (Å²) in [5, 5.41) is 5.86. The summed E-state index contributed by atoms with van der Waals surface area (Å²) in [7, 11) is 3.00. The second-order valence-electron chi connectivity index (χ2n) is 7.61. The topological polar surface area (TPSA) is 85.9 Å². The Morgan fingerprint density at radius 3 is 2.07 bits per heavy atom. The summed E-state index contributed by atoms with van der Waals surface area (Å²) in [6.45, 7) is 6.68. The molecular weight excluding hydrogens is 396 g/mol. The van der Waals surface area contributed by atoms with Crippen molar-refractivity contribution in [2.45, 2.75) is 58.5 Å². The van der Waals surface area contributed by atoms with Gasteiger partial charge in [-0.2, -0.15) is 0 Å². The molecule has 29 heavy (non-hydrogen) atoms. The van der Waals surface area contributed by atoms with Gasteiger partial charge in [-0.25, -0.2) is 4.79 Å². The van der Waals surface area contributed by atoms with Crippen LogP contribution in [0.15, 0.2) is 12.1 Å². The second kappa shape index (κ2) is 12.4. The number of benzene rings is 1. The molecular formula is C21H33ClN2O5. The zero-order chi connectivity index (χ0) is 21.9. The van der Waals surface area contributed by atoms with Crippen LogP contribution in [0.4, 0.5) is 4.79 Å². The Hall–Kier alpha value is -2.15. The van der Waals surface area contributed by atoms with E-state index < -0.39 is 5.60 Å². The summed E-state index contributed by atoms with van der Waals surface area (Å²) in [6, 6.07) is 3.28. The van der Waals surface area contributed by atoms with Crippen LogP contribution in [0, 0.1) is 0 Å². The van der Waals surface area contributed by atoms with Crippen LogP contribution in [-0.2, 0) is 4.74 Å². The number of carbonyl (C=O) groups excluding carboxylic acids is 2. The van der Waals surface area contributed by atoms with Gasteiger partial charge in [0.1, 0.15) is 5.60 Å². The van der Waals surface area contributed by atoms with Crippen molar-refractivity contribution in [1.29, 1.82) is 0 Å². The van der Waals surface area contributed by atoms with Crippen LogP contribution in [-0.4, -0.2) is 44.9 Å². The molecule has 1 rings (SSSR count). The van der Waals surface area contributed by atoms with Gasteiger partial charge < -0.3 is 24.8 Å². The summed E-state index contributed by atoms with van der Waals surface area (Å²) in [5.41, 5.74) is -0.118. The zero-order valence-electron chi connectivity index (χ0n) is 18.0. The monoisotopic (exact) mass is 428 g/mol. The summed E-state index contributed by atoms with van der Waals surface area (Å²) < 4.78 is 15.6. The smallest absolute Gasteiger partial charge is 0.407 e. The van der Waals surface area contributed by atoms with Crippen LogP contribution in [0.5, 0.6) is 11.5 Å². The molecule has 0 aliphatic heterocycles. The van der Waals surface area contributed by atoms with Crippen LogP contribution in [0.3, 0.4) is 0 Å². The molecule has 8 heteroatoms. The lowest BCUT2D eigenvalue weighted by Crippen LogP contribution is -2.32. The standard InChI is InChI=1S/C21H33ClN2O5/c1-21(2,3)29-20(26)24-14-10-8-6-7-9-13-23-19(25)15-11-12-16(27-4)18(28-5)17(15)22/h11-12H,6-10,13-14H2,1-5H3,(H,23,25)(H,24,26). The van der Waals surface area contributed by atoms with E-state index in [1.54, 1.807) is 12.1 Å². The number of methoxy groups -OCH3 is 2. The maximum absolute atomic E-state index is 12.3. The first-order valence-electron chi connectivity index (χ1n) is 9.85. The summed E-state index contributed by atoms with van der Waals surface area (Å²) >= 11 is 6.25. The number of rotatable bonds is 11. The van der Waals surface area contributed by atoms with Crippen molar-refractivity contribution in [1.82, 2.24) is 10.6 Å². The van der Waals surface area contributed by atoms with Crippen molar-refractivity contribution in [3.8, 4) is 11.5 Å². The van der Waals surface area contributed by atoms with E-state index in [2.05, 4.69) is 10.6 Å². The number of hydrogen-bond donors (Lipinski definition) is 2. The Morgan fingerprint density at radius 2 is 1.52 bits per heavy atom. The summed E-state index contributed by atoms with van der Waals surface area (Å²) in [5.74, 6) is 0.592. The Balaban J connectivity index is 2.20. The first kappa shape index (κ1) is 24.9. The number of nitrogens with one attached hydrogen (secondary N) is 2. The van der Waals surface area contributed by atoms with Gasteiger partial charge in [-0.15, -0.1) is 0 Å². The molecule has 0 radical (unpaired) electrons. The molecule has 7 nitrogen and oxygen atoms in total. The van der Waals surface area contributed by atoms with Gasteiger partial charge in [0.05, 0.1) is 24.8 Å². The molecule has 0 aliphatic rings. The zero-order valence-corrected chi connectivity index (χ0v) is 18.8. The lowest BCUT2D eigenvalue weighted by molar-refractivity contribution is 0.0526. The van der Waals surface area contributed by atoms with Crippen LogP contribution in [0.25, 0.3) is 0 Å². The third kappa shape index (κ3) is 9.26. The van der Waals surface area contributed by atoms with E-state index in [0.717, 1.165) is 32.1 Å². The highest BCUT2D eigenvalue weighted by molar-refractivity contribution is 6.35. The van der Waals surface area contributed by atoms with Gasteiger partial charge in [0, 0.05) is 13.1 Å². The molecule has 0 aliphatic carbocycles. The largest absolute Gasteiger partial charge is 0.493 e. The quantitative estimate of drug-likeness (QED) is 0.504. The first-order valence-corrected chi connectivity index (χ1v) is 10.2. The van der Waals surface area contributed by atoms with Crippen LogP contribution >= 0.6 is 11.6 Å². The van der Waals surface area contributed by atoms with Crippen molar-refractivity contribution in [2.75, 3.05) is 27.3 Å². The minimum absolute atomic E-state index is 0.238. The molecule has 0 bridgehead atoms. The maximum atomic E-state index is 12.3. The first-order chi connectivity index (χ1) is 13.7. The molecule has 0 heterocycles. The molecule has 0 spiro atoms. The Bertz CT molecular complexity index is 674. The Labute approximate surface area is 178 Å². The van der Waals surface area contributed by atoms with Crippen molar-refractivity contribution >= 4 is 23.6 Å². The van der Waals surface area contributed by atoms with E-state index in [-0.39, 0.29) is 17.0 Å². The minimum atomic E-state index is -0.476. The molecule has 0 aromatic heterocycles. The molecule has 0 saturated heterocycles. The molecule has 164 valence electrons. The molecule has 2 N–H and O–H groups in total. The fourth-order valence-corrected chi connectivity index (χ4v) is 2.97. The number of carbonyl (C=O) groups is 2. The number of amides is 2. The predicted octanol–water partition coefficient (Wildman–Crippen LogP) is 4.56. The lowest BCUT2D eigenvalue weighted by atomic mass is 10.1. The van der Waals surface area contributed by atoms with E-state index in [1.807, 2.05) is 20.8 Å². The summed E-state index contributed by atoms with van der Waals surface area (Å²) in [4.78, 5) is 23.8. The van der Waals surface area contributed by atoms with Gasteiger partial charge in [0.25, 0.3) is 5.91 Å². The minimum Gasteiger partial charge on any atom is -0.493 e. The van der Waals surface area contributed by atoms with E-state index >= 15 is 0 Å². The van der Waals surface area contributed by atoms with Crippen molar-refractivity contribution in [3.05, 3.63) is 22.7 Å². The van der Waals surface area contributed by atoms with E-state index in [0.29, 0.717) is 30.2 Å².